The first-order valence-corrected chi connectivity index (χ1v) is 9.48. The zero-order valence-corrected chi connectivity index (χ0v) is 15.7. The average Bonchev–Trinajstić information content (AvgIpc) is 3.12. The molecule has 1 aromatic heterocycles. The van der Waals surface area contributed by atoms with Gasteiger partial charge < -0.3 is 14.4 Å². The molecule has 2 aliphatic rings. The Balaban J connectivity index is 2.06. The van der Waals surface area contributed by atoms with E-state index >= 15 is 0 Å². The molecule has 1 saturated heterocycles. The topological polar surface area (TPSA) is 75.5 Å². The second-order valence-corrected chi connectivity index (χ2v) is 7.93. The number of aromatic nitrogens is 1. The lowest BCUT2D eigenvalue weighted by Gasteiger charge is -2.35. The van der Waals surface area contributed by atoms with Crippen LogP contribution in [0.2, 0.25) is 0 Å². The normalized spacial score (nSPS) is 18.6. The van der Waals surface area contributed by atoms with E-state index in [-0.39, 0.29) is 17.3 Å². The third-order valence-corrected chi connectivity index (χ3v) is 5.59. The smallest absolute Gasteiger partial charge is 0.316 e. The van der Waals surface area contributed by atoms with Gasteiger partial charge in [0, 0.05) is 25.1 Å². The Kier molecular flexibility index (Phi) is 5.21. The Labute approximate surface area is 152 Å². The summed E-state index contributed by atoms with van der Waals surface area (Å²) in [4.78, 5) is 18.6. The molecule has 0 N–H and O–H groups in total. The van der Waals surface area contributed by atoms with E-state index in [9.17, 15) is 10.1 Å². The predicted octanol–water partition coefficient (Wildman–Crippen LogP) is 2.67. The fraction of sp³-hybridized carbons (Fsp3) is 0.611. The third kappa shape index (κ3) is 3.75. The highest BCUT2D eigenvalue weighted by Gasteiger charge is 2.33. The molecule has 134 valence electrons. The molecule has 0 spiro atoms. The summed E-state index contributed by atoms with van der Waals surface area (Å²) in [6.45, 7) is 6.48. The highest BCUT2D eigenvalue weighted by atomic mass is 32.2. The SMILES string of the molecule is COC(=O)CSc1nc(N2CCCC2)c2c(c1C#N)CC(C)(C)OC2. The van der Waals surface area contributed by atoms with Gasteiger partial charge in [-0.15, -0.1) is 0 Å². The Hall–Kier alpha value is -1.78. The lowest BCUT2D eigenvalue weighted by Crippen LogP contribution is -2.34. The Bertz CT molecular complexity index is 721. The highest BCUT2D eigenvalue weighted by molar-refractivity contribution is 7.99. The predicted molar refractivity (Wildman–Crippen MR) is 95.7 cm³/mol. The monoisotopic (exact) mass is 361 g/mol. The maximum Gasteiger partial charge on any atom is 0.316 e. The molecule has 0 atom stereocenters. The molecule has 6 nitrogen and oxygen atoms in total. The molecule has 3 heterocycles. The number of rotatable bonds is 4. The summed E-state index contributed by atoms with van der Waals surface area (Å²) < 4.78 is 10.7. The van der Waals surface area contributed by atoms with Gasteiger partial charge in [0.15, 0.2) is 0 Å². The van der Waals surface area contributed by atoms with Crippen molar-refractivity contribution in [3.05, 3.63) is 16.7 Å². The van der Waals surface area contributed by atoms with Gasteiger partial charge in [0.05, 0.1) is 30.6 Å². The third-order valence-electron chi connectivity index (χ3n) is 4.64. The number of pyridine rings is 1. The molecule has 0 aliphatic carbocycles. The molecule has 0 radical (unpaired) electrons. The highest BCUT2D eigenvalue weighted by Crippen LogP contribution is 2.39. The number of ether oxygens (including phenoxy) is 2. The molecule has 1 fully saturated rings. The molecule has 0 unspecified atom stereocenters. The first-order valence-electron chi connectivity index (χ1n) is 8.49. The van der Waals surface area contributed by atoms with E-state index in [1.807, 2.05) is 13.8 Å². The van der Waals surface area contributed by atoms with E-state index in [0.717, 1.165) is 42.9 Å². The van der Waals surface area contributed by atoms with Crippen LogP contribution >= 0.6 is 11.8 Å². The summed E-state index contributed by atoms with van der Waals surface area (Å²) >= 11 is 1.27. The van der Waals surface area contributed by atoms with Crippen molar-refractivity contribution in [2.75, 3.05) is 30.9 Å². The van der Waals surface area contributed by atoms with Crippen molar-refractivity contribution in [3.8, 4) is 6.07 Å². The van der Waals surface area contributed by atoms with Crippen molar-refractivity contribution >= 4 is 23.5 Å². The van der Waals surface area contributed by atoms with Crippen LogP contribution in [0.25, 0.3) is 0 Å². The molecule has 25 heavy (non-hydrogen) atoms. The van der Waals surface area contributed by atoms with Gasteiger partial charge in [0.2, 0.25) is 0 Å². The van der Waals surface area contributed by atoms with Crippen LogP contribution in [0.5, 0.6) is 0 Å². The largest absolute Gasteiger partial charge is 0.468 e. The van der Waals surface area contributed by atoms with Crippen LogP contribution in [0.4, 0.5) is 5.82 Å². The van der Waals surface area contributed by atoms with Crippen LogP contribution in [0.3, 0.4) is 0 Å². The minimum Gasteiger partial charge on any atom is -0.468 e. The number of fused-ring (bicyclic) bond motifs is 1. The molecular weight excluding hydrogens is 338 g/mol. The van der Waals surface area contributed by atoms with Crippen molar-refractivity contribution in [2.45, 2.75) is 50.3 Å². The fourth-order valence-corrected chi connectivity index (χ4v) is 4.16. The number of esters is 1. The molecule has 7 heteroatoms. The second-order valence-electron chi connectivity index (χ2n) is 6.97. The molecule has 0 saturated carbocycles. The quantitative estimate of drug-likeness (QED) is 0.603. The van der Waals surface area contributed by atoms with Crippen LogP contribution < -0.4 is 4.90 Å². The lowest BCUT2D eigenvalue weighted by atomic mass is 9.89. The van der Waals surface area contributed by atoms with E-state index in [0.29, 0.717) is 23.6 Å². The number of thioether (sulfide) groups is 1. The fourth-order valence-electron chi connectivity index (χ4n) is 3.32. The molecular formula is C18H23N3O3S. The number of nitriles is 1. The number of carbonyl (C=O) groups excluding carboxylic acids is 1. The minimum atomic E-state index is -0.320. The first kappa shape index (κ1) is 18.0. The standard InChI is InChI=1S/C18H23N3O3S/c1-18(2)8-12-13(9-19)17(25-11-15(22)23-3)20-16(14(12)10-24-18)21-6-4-5-7-21/h4-8,10-11H2,1-3H3. The molecule has 0 bridgehead atoms. The molecule has 2 aliphatic heterocycles. The van der Waals surface area contributed by atoms with E-state index in [2.05, 4.69) is 11.0 Å². The van der Waals surface area contributed by atoms with Crippen LogP contribution in [-0.4, -0.2) is 42.5 Å². The van der Waals surface area contributed by atoms with Gasteiger partial charge in [-0.3, -0.25) is 4.79 Å². The van der Waals surface area contributed by atoms with Crippen LogP contribution in [0.1, 0.15) is 43.4 Å². The van der Waals surface area contributed by atoms with E-state index in [1.54, 1.807) is 0 Å². The number of anilines is 1. The van der Waals surface area contributed by atoms with E-state index < -0.39 is 0 Å². The molecule has 3 rings (SSSR count). The van der Waals surface area contributed by atoms with Crippen molar-refractivity contribution in [3.63, 3.8) is 0 Å². The number of hydrogen-bond acceptors (Lipinski definition) is 7. The Morgan fingerprint density at radius 1 is 1.40 bits per heavy atom. The van der Waals surface area contributed by atoms with Crippen molar-refractivity contribution in [1.82, 2.24) is 4.98 Å². The van der Waals surface area contributed by atoms with Crippen LogP contribution in [0.15, 0.2) is 5.03 Å². The van der Waals surface area contributed by atoms with Crippen LogP contribution in [-0.2, 0) is 27.3 Å². The average molecular weight is 361 g/mol. The summed E-state index contributed by atoms with van der Waals surface area (Å²) in [6, 6.07) is 2.31. The van der Waals surface area contributed by atoms with Gasteiger partial charge in [0.1, 0.15) is 16.9 Å². The first-order chi connectivity index (χ1) is 11.9. The minimum absolute atomic E-state index is 0.149. The zero-order valence-electron chi connectivity index (χ0n) is 14.9. The van der Waals surface area contributed by atoms with Gasteiger partial charge in [-0.05, 0) is 32.3 Å². The number of nitrogens with zero attached hydrogens (tertiary/aromatic N) is 3. The Morgan fingerprint density at radius 3 is 2.76 bits per heavy atom. The van der Waals surface area contributed by atoms with Crippen molar-refractivity contribution in [1.29, 1.82) is 5.26 Å². The molecule has 1 aromatic rings. The lowest BCUT2D eigenvalue weighted by molar-refractivity contribution is -0.137. The van der Waals surface area contributed by atoms with Crippen molar-refractivity contribution < 1.29 is 14.3 Å². The second kappa shape index (κ2) is 7.22. The zero-order chi connectivity index (χ0) is 18.0. The number of carbonyl (C=O) groups is 1. The van der Waals surface area contributed by atoms with Gasteiger partial charge >= 0.3 is 5.97 Å². The van der Waals surface area contributed by atoms with Gasteiger partial charge in [-0.25, -0.2) is 4.98 Å². The summed E-state index contributed by atoms with van der Waals surface area (Å²) in [5, 5.41) is 10.4. The van der Waals surface area contributed by atoms with E-state index in [4.69, 9.17) is 14.5 Å². The summed E-state index contributed by atoms with van der Waals surface area (Å²) in [7, 11) is 1.36. The van der Waals surface area contributed by atoms with Gasteiger partial charge in [0.25, 0.3) is 0 Å². The molecule has 0 aromatic carbocycles. The Morgan fingerprint density at radius 2 is 2.12 bits per heavy atom. The summed E-state index contributed by atoms with van der Waals surface area (Å²) in [6.07, 6.45) is 2.96. The maximum absolute atomic E-state index is 11.5. The molecule has 0 amide bonds. The van der Waals surface area contributed by atoms with Crippen LogP contribution in [0, 0.1) is 11.3 Å². The van der Waals surface area contributed by atoms with E-state index in [1.165, 1.54) is 18.9 Å². The summed E-state index contributed by atoms with van der Waals surface area (Å²) in [5.41, 5.74) is 2.30. The number of hydrogen-bond donors (Lipinski definition) is 0. The van der Waals surface area contributed by atoms with Gasteiger partial charge in [-0.1, -0.05) is 11.8 Å². The maximum atomic E-state index is 11.5. The van der Waals surface area contributed by atoms with Crippen molar-refractivity contribution in [2.24, 2.45) is 0 Å². The van der Waals surface area contributed by atoms with Gasteiger partial charge in [-0.2, -0.15) is 5.26 Å². The summed E-state index contributed by atoms with van der Waals surface area (Å²) in [5.74, 6) is 0.741. The number of methoxy groups -OCH3 is 1.